The summed E-state index contributed by atoms with van der Waals surface area (Å²) in [6, 6.07) is 6.50. The predicted octanol–water partition coefficient (Wildman–Crippen LogP) is 8.97. The van der Waals surface area contributed by atoms with Gasteiger partial charge in [0.25, 0.3) is 0 Å². The number of hydrogen-bond donors (Lipinski definition) is 0. The van der Waals surface area contributed by atoms with Gasteiger partial charge in [0, 0.05) is 0 Å². The molecule has 2 saturated carbocycles. The number of ether oxygens (including phenoxy) is 1. The molecule has 176 valence electrons. The highest BCUT2D eigenvalue weighted by Gasteiger charge is 2.42. The van der Waals surface area contributed by atoms with Crippen molar-refractivity contribution in [2.24, 2.45) is 17.8 Å². The number of halogens is 4. The van der Waals surface area contributed by atoms with Crippen molar-refractivity contribution in [3.63, 3.8) is 0 Å². The van der Waals surface area contributed by atoms with E-state index in [0.29, 0.717) is 5.92 Å². The van der Waals surface area contributed by atoms with Crippen LogP contribution in [-0.2, 0) is 0 Å². The molecule has 1 aromatic carbocycles. The second-order valence-electron chi connectivity index (χ2n) is 9.88. The van der Waals surface area contributed by atoms with Crippen LogP contribution in [-0.4, -0.2) is 12.5 Å². The van der Waals surface area contributed by atoms with Crippen molar-refractivity contribution in [1.29, 1.82) is 0 Å². The Hall–Kier alpha value is -1.26. The Morgan fingerprint density at radius 1 is 0.871 bits per heavy atom. The molecule has 0 aliphatic heterocycles. The quantitative estimate of drug-likeness (QED) is 0.347. The summed E-state index contributed by atoms with van der Waals surface area (Å²) in [6.45, 7) is 2.28. The third-order valence-electron chi connectivity index (χ3n) is 7.54. The van der Waals surface area contributed by atoms with Gasteiger partial charge in [0.15, 0.2) is 0 Å². The highest BCUT2D eigenvalue weighted by molar-refractivity contribution is 5.30. The molecule has 2 aliphatic carbocycles. The normalized spacial score (nSPS) is 28.3. The first-order valence-corrected chi connectivity index (χ1v) is 12.3. The maximum absolute atomic E-state index is 13.0. The second-order valence-corrected chi connectivity index (χ2v) is 9.88. The number of unbranched alkanes of at least 4 members (excludes halogenated alkanes) is 1. The number of rotatable bonds is 9. The lowest BCUT2D eigenvalue weighted by molar-refractivity contribution is -0.236. The predicted molar refractivity (Wildman–Crippen MR) is 117 cm³/mol. The molecule has 3 rings (SSSR count). The fourth-order valence-corrected chi connectivity index (χ4v) is 5.68. The molecule has 0 radical (unpaired) electrons. The average Bonchev–Trinajstić information content (AvgIpc) is 2.77. The molecule has 2 aliphatic rings. The van der Waals surface area contributed by atoms with E-state index in [1.54, 1.807) is 12.1 Å². The molecular weight excluding hydrogens is 404 g/mol. The van der Waals surface area contributed by atoms with Crippen molar-refractivity contribution in [2.45, 2.75) is 109 Å². The zero-order chi connectivity index (χ0) is 22.3. The summed E-state index contributed by atoms with van der Waals surface area (Å²) < 4.78 is 54.3. The van der Waals surface area contributed by atoms with Crippen LogP contribution >= 0.6 is 0 Å². The lowest BCUT2D eigenvalue weighted by Gasteiger charge is -2.32. The van der Waals surface area contributed by atoms with Gasteiger partial charge in [-0.3, -0.25) is 0 Å². The zero-order valence-electron chi connectivity index (χ0n) is 18.8. The molecule has 0 N–H and O–H groups in total. The van der Waals surface area contributed by atoms with E-state index < -0.39 is 12.5 Å². The molecule has 5 heteroatoms. The first kappa shape index (κ1) is 24.4. The summed E-state index contributed by atoms with van der Waals surface area (Å²) in [5.41, 5.74) is 1.12. The van der Waals surface area contributed by atoms with Crippen LogP contribution in [0.5, 0.6) is 5.75 Å². The van der Waals surface area contributed by atoms with Gasteiger partial charge in [-0.25, -0.2) is 0 Å². The summed E-state index contributed by atoms with van der Waals surface area (Å²) >= 11 is 0. The van der Waals surface area contributed by atoms with Crippen LogP contribution in [0, 0.1) is 17.8 Å². The molecule has 0 bridgehead atoms. The Balaban J connectivity index is 1.38. The van der Waals surface area contributed by atoms with E-state index in [2.05, 4.69) is 11.7 Å². The van der Waals surface area contributed by atoms with Crippen LogP contribution in [0.4, 0.5) is 17.6 Å². The summed E-state index contributed by atoms with van der Waals surface area (Å²) in [4.78, 5) is 0. The molecule has 0 heterocycles. The molecule has 31 heavy (non-hydrogen) atoms. The van der Waals surface area contributed by atoms with Crippen LogP contribution < -0.4 is 4.74 Å². The van der Waals surface area contributed by atoms with E-state index in [4.69, 9.17) is 0 Å². The van der Waals surface area contributed by atoms with E-state index in [9.17, 15) is 17.6 Å². The largest absolute Gasteiger partial charge is 0.457 e. The van der Waals surface area contributed by atoms with Gasteiger partial charge < -0.3 is 4.74 Å². The molecule has 2 fully saturated rings. The van der Waals surface area contributed by atoms with Crippen LogP contribution in [0.15, 0.2) is 24.3 Å². The fraction of sp³-hybridized carbons (Fsp3) is 0.769. The number of hydrogen-bond acceptors (Lipinski definition) is 1. The van der Waals surface area contributed by atoms with Crippen molar-refractivity contribution in [2.75, 3.05) is 0 Å². The standard InChI is InChI=1S/C26H38F4O/c1-2-3-5-20-6-4-7-21(18-20)9-8-19-10-12-22(13-11-19)23-14-16-24(17-15-23)31-25(27)26(28,29)30/h14-17,19-22,25H,2-13,18H2,1H3/t19-,20-,21+,22-,25?/m0/s1. The molecule has 0 spiro atoms. The molecule has 1 nitrogen and oxygen atoms in total. The lowest BCUT2D eigenvalue weighted by atomic mass is 9.73. The average molecular weight is 443 g/mol. The number of benzene rings is 1. The Kier molecular flexibility index (Phi) is 9.09. The zero-order valence-corrected chi connectivity index (χ0v) is 18.8. The van der Waals surface area contributed by atoms with Crippen molar-refractivity contribution in [3.05, 3.63) is 29.8 Å². The minimum Gasteiger partial charge on any atom is -0.452 e. The lowest BCUT2D eigenvalue weighted by Crippen LogP contribution is -2.29. The first-order chi connectivity index (χ1) is 14.8. The Labute approximate surface area is 184 Å². The van der Waals surface area contributed by atoms with Crippen LogP contribution in [0.2, 0.25) is 0 Å². The molecular formula is C26H38F4O. The summed E-state index contributed by atoms with van der Waals surface area (Å²) in [6.07, 6.45) is 9.00. The Morgan fingerprint density at radius 2 is 1.48 bits per heavy atom. The van der Waals surface area contributed by atoms with Gasteiger partial charge in [-0.1, -0.05) is 70.4 Å². The van der Waals surface area contributed by atoms with Crippen molar-refractivity contribution >= 4 is 0 Å². The third-order valence-corrected chi connectivity index (χ3v) is 7.54. The second kappa shape index (κ2) is 11.6. The van der Waals surface area contributed by atoms with Crippen molar-refractivity contribution < 1.29 is 22.3 Å². The van der Waals surface area contributed by atoms with Gasteiger partial charge in [-0.05, 0) is 73.5 Å². The maximum Gasteiger partial charge on any atom is 0.457 e. The highest BCUT2D eigenvalue weighted by Crippen LogP contribution is 2.41. The first-order valence-electron chi connectivity index (χ1n) is 12.3. The van der Waals surface area contributed by atoms with Gasteiger partial charge in [0.2, 0.25) is 0 Å². The smallest absolute Gasteiger partial charge is 0.452 e. The minimum atomic E-state index is -4.99. The molecule has 3 atom stereocenters. The summed E-state index contributed by atoms with van der Waals surface area (Å²) in [5, 5.41) is 0. The molecule has 0 amide bonds. The monoisotopic (exact) mass is 442 g/mol. The summed E-state index contributed by atoms with van der Waals surface area (Å²) in [5.74, 6) is 3.07. The number of alkyl halides is 4. The fourth-order valence-electron chi connectivity index (χ4n) is 5.68. The topological polar surface area (TPSA) is 9.23 Å². The SMILES string of the molecule is CCCC[C@H]1CCC[C@H](CC[C@H]2CC[C@H](c3ccc(OC(F)C(F)(F)F)cc3)CC2)C1. The van der Waals surface area contributed by atoms with Gasteiger partial charge in [-0.15, -0.1) is 0 Å². The van der Waals surface area contributed by atoms with Crippen molar-refractivity contribution in [3.8, 4) is 5.75 Å². The van der Waals surface area contributed by atoms with Crippen molar-refractivity contribution in [1.82, 2.24) is 0 Å². The summed E-state index contributed by atoms with van der Waals surface area (Å²) in [7, 11) is 0. The van der Waals surface area contributed by atoms with Crippen LogP contribution in [0.25, 0.3) is 0 Å². The molecule has 1 unspecified atom stereocenters. The van der Waals surface area contributed by atoms with E-state index in [1.165, 1.54) is 82.8 Å². The van der Waals surface area contributed by atoms with Gasteiger partial charge in [-0.2, -0.15) is 17.6 Å². The highest BCUT2D eigenvalue weighted by atomic mass is 19.4. The Morgan fingerprint density at radius 3 is 2.10 bits per heavy atom. The third kappa shape index (κ3) is 7.68. The van der Waals surface area contributed by atoms with E-state index in [1.807, 2.05) is 0 Å². The van der Waals surface area contributed by atoms with Gasteiger partial charge >= 0.3 is 12.5 Å². The molecule has 0 saturated heterocycles. The van der Waals surface area contributed by atoms with E-state index >= 15 is 0 Å². The van der Waals surface area contributed by atoms with Crippen LogP contribution in [0.1, 0.15) is 102 Å². The van der Waals surface area contributed by atoms with E-state index in [0.717, 1.165) is 36.2 Å². The van der Waals surface area contributed by atoms with E-state index in [-0.39, 0.29) is 5.75 Å². The van der Waals surface area contributed by atoms with Crippen LogP contribution in [0.3, 0.4) is 0 Å². The van der Waals surface area contributed by atoms with Gasteiger partial charge in [0.1, 0.15) is 5.75 Å². The van der Waals surface area contributed by atoms with Gasteiger partial charge in [0.05, 0.1) is 0 Å². The minimum absolute atomic E-state index is 0.0769. The molecule has 1 aromatic rings. The molecule has 0 aromatic heterocycles. The maximum atomic E-state index is 13.0. The Bertz CT molecular complexity index is 634.